The summed E-state index contributed by atoms with van der Waals surface area (Å²) in [6.07, 6.45) is 0.0779. The average molecular weight is 295 g/mol. The summed E-state index contributed by atoms with van der Waals surface area (Å²) in [7, 11) is 1.54. The van der Waals surface area contributed by atoms with Crippen molar-refractivity contribution in [3.05, 3.63) is 24.3 Å². The van der Waals surface area contributed by atoms with E-state index in [1.807, 2.05) is 6.07 Å². The minimum Gasteiger partial charge on any atom is -0.493 e. The van der Waals surface area contributed by atoms with Gasteiger partial charge in [-0.05, 0) is 18.1 Å². The summed E-state index contributed by atoms with van der Waals surface area (Å²) in [6.45, 7) is 3.63. The third kappa shape index (κ3) is 5.33. The molecule has 0 aliphatic rings. The summed E-state index contributed by atoms with van der Waals surface area (Å²) in [5, 5.41) is 11.5. The lowest BCUT2D eigenvalue weighted by molar-refractivity contribution is -0.143. The first-order valence-corrected chi connectivity index (χ1v) is 6.73. The number of hydrogen-bond acceptors (Lipinski definition) is 4. The van der Waals surface area contributed by atoms with Gasteiger partial charge in [-0.3, -0.25) is 4.79 Å². The zero-order valence-corrected chi connectivity index (χ0v) is 12.5. The zero-order valence-electron chi connectivity index (χ0n) is 12.5. The fourth-order valence-corrected chi connectivity index (χ4v) is 1.75. The smallest absolute Gasteiger partial charge is 0.326 e. The minimum atomic E-state index is -1.04. The molecule has 0 heterocycles. The summed E-state index contributed by atoms with van der Waals surface area (Å²) in [6, 6.07) is 6.23. The molecule has 0 fully saturated rings. The molecule has 0 aliphatic carbocycles. The normalized spacial score (nSPS) is 11.8. The Morgan fingerprint density at radius 2 is 1.86 bits per heavy atom. The molecule has 0 aromatic heterocycles. The summed E-state index contributed by atoms with van der Waals surface area (Å²) >= 11 is 0. The second-order valence-electron chi connectivity index (χ2n) is 4.88. The van der Waals surface area contributed by atoms with Crippen molar-refractivity contribution in [2.24, 2.45) is 5.92 Å². The first-order chi connectivity index (χ1) is 9.95. The maximum absolute atomic E-state index is 11.7. The van der Waals surface area contributed by atoms with Gasteiger partial charge in [-0.25, -0.2) is 4.79 Å². The first kappa shape index (κ1) is 16.8. The van der Waals surface area contributed by atoms with Crippen LogP contribution in [0.5, 0.6) is 11.5 Å². The molecule has 0 unspecified atom stereocenters. The van der Waals surface area contributed by atoms with Gasteiger partial charge < -0.3 is 19.9 Å². The van der Waals surface area contributed by atoms with Crippen LogP contribution < -0.4 is 14.8 Å². The highest BCUT2D eigenvalue weighted by Crippen LogP contribution is 2.25. The van der Waals surface area contributed by atoms with Crippen molar-refractivity contribution in [3.8, 4) is 11.5 Å². The Kier molecular flexibility index (Phi) is 6.52. The number of hydrogen-bond donors (Lipinski definition) is 2. The van der Waals surface area contributed by atoms with Crippen LogP contribution in [-0.4, -0.2) is 36.7 Å². The number of para-hydroxylation sites is 2. The van der Waals surface area contributed by atoms with Crippen LogP contribution in [0.4, 0.5) is 0 Å². The van der Waals surface area contributed by atoms with Gasteiger partial charge in [0.05, 0.1) is 20.1 Å². The Hall–Kier alpha value is -2.24. The van der Waals surface area contributed by atoms with Gasteiger partial charge in [-0.1, -0.05) is 26.0 Å². The molecular weight excluding hydrogens is 274 g/mol. The number of methoxy groups -OCH3 is 1. The van der Waals surface area contributed by atoms with E-state index in [9.17, 15) is 9.59 Å². The standard InChI is InChI=1S/C15H21NO5/c1-10(2)14(15(18)19)16-13(17)8-9-21-12-7-5-4-6-11(12)20-3/h4-7,10,14H,8-9H2,1-3H3,(H,16,17)(H,18,19)/t14-/m1/s1. The Morgan fingerprint density at radius 3 is 2.38 bits per heavy atom. The molecule has 0 saturated carbocycles. The third-order valence-electron chi connectivity index (χ3n) is 2.90. The van der Waals surface area contributed by atoms with Gasteiger partial charge in [0.1, 0.15) is 6.04 Å². The van der Waals surface area contributed by atoms with Gasteiger partial charge >= 0.3 is 5.97 Å². The summed E-state index contributed by atoms with van der Waals surface area (Å²) < 4.78 is 10.6. The minimum absolute atomic E-state index is 0.0779. The van der Waals surface area contributed by atoms with Crippen LogP contribution in [0.2, 0.25) is 0 Å². The van der Waals surface area contributed by atoms with E-state index in [-0.39, 0.29) is 24.9 Å². The number of aliphatic carboxylic acids is 1. The highest BCUT2D eigenvalue weighted by molar-refractivity contribution is 5.83. The molecular formula is C15H21NO5. The van der Waals surface area contributed by atoms with Crippen LogP contribution >= 0.6 is 0 Å². The second kappa shape index (κ2) is 8.14. The molecule has 0 saturated heterocycles. The van der Waals surface area contributed by atoms with Crippen molar-refractivity contribution in [1.29, 1.82) is 0 Å². The number of carbonyl (C=O) groups is 2. The first-order valence-electron chi connectivity index (χ1n) is 6.73. The van der Waals surface area contributed by atoms with Crippen molar-refractivity contribution in [2.75, 3.05) is 13.7 Å². The van der Waals surface area contributed by atoms with Crippen LogP contribution in [0.1, 0.15) is 20.3 Å². The molecule has 2 N–H and O–H groups in total. The lowest BCUT2D eigenvalue weighted by atomic mass is 10.0. The highest BCUT2D eigenvalue weighted by atomic mass is 16.5. The van der Waals surface area contributed by atoms with Crippen LogP contribution in [0.15, 0.2) is 24.3 Å². The molecule has 1 atom stereocenters. The van der Waals surface area contributed by atoms with Crippen LogP contribution in [-0.2, 0) is 9.59 Å². The van der Waals surface area contributed by atoms with Gasteiger partial charge in [0, 0.05) is 0 Å². The molecule has 6 nitrogen and oxygen atoms in total. The molecule has 6 heteroatoms. The zero-order chi connectivity index (χ0) is 15.8. The molecule has 1 aromatic rings. The quantitative estimate of drug-likeness (QED) is 0.762. The van der Waals surface area contributed by atoms with E-state index in [0.717, 1.165) is 0 Å². The molecule has 1 amide bonds. The predicted octanol–water partition coefficient (Wildman–Crippen LogP) is 1.69. The second-order valence-corrected chi connectivity index (χ2v) is 4.88. The number of benzene rings is 1. The molecule has 0 spiro atoms. The maximum Gasteiger partial charge on any atom is 0.326 e. The van der Waals surface area contributed by atoms with Crippen molar-refractivity contribution >= 4 is 11.9 Å². The highest BCUT2D eigenvalue weighted by Gasteiger charge is 2.23. The maximum atomic E-state index is 11.7. The average Bonchev–Trinajstić information content (AvgIpc) is 2.44. The van der Waals surface area contributed by atoms with Crippen LogP contribution in [0.25, 0.3) is 0 Å². The molecule has 116 valence electrons. The van der Waals surface area contributed by atoms with E-state index < -0.39 is 12.0 Å². The van der Waals surface area contributed by atoms with E-state index in [4.69, 9.17) is 14.6 Å². The number of rotatable bonds is 8. The van der Waals surface area contributed by atoms with E-state index in [0.29, 0.717) is 11.5 Å². The summed E-state index contributed by atoms with van der Waals surface area (Å²) in [5.74, 6) is -0.438. The van der Waals surface area contributed by atoms with Gasteiger partial charge in [-0.2, -0.15) is 0 Å². The fourth-order valence-electron chi connectivity index (χ4n) is 1.75. The molecule has 1 rings (SSSR count). The number of carboxylic acid groups (broad SMARTS) is 1. The number of nitrogens with one attached hydrogen (secondary N) is 1. The number of carbonyl (C=O) groups excluding carboxylic acids is 1. The fraction of sp³-hybridized carbons (Fsp3) is 0.467. The van der Waals surface area contributed by atoms with Crippen LogP contribution in [0, 0.1) is 5.92 Å². The topological polar surface area (TPSA) is 84.9 Å². The largest absolute Gasteiger partial charge is 0.493 e. The Balaban J connectivity index is 2.45. The van der Waals surface area contributed by atoms with Crippen molar-refractivity contribution in [1.82, 2.24) is 5.32 Å². The van der Waals surface area contributed by atoms with E-state index in [1.54, 1.807) is 32.0 Å². The molecule has 0 radical (unpaired) electrons. The van der Waals surface area contributed by atoms with E-state index in [2.05, 4.69) is 5.32 Å². The molecule has 0 bridgehead atoms. The SMILES string of the molecule is COc1ccccc1OCCC(=O)N[C@@H](C(=O)O)C(C)C. The van der Waals surface area contributed by atoms with Crippen molar-refractivity contribution in [2.45, 2.75) is 26.3 Å². The van der Waals surface area contributed by atoms with E-state index >= 15 is 0 Å². The van der Waals surface area contributed by atoms with Gasteiger partial charge in [0.15, 0.2) is 11.5 Å². The summed E-state index contributed by atoms with van der Waals surface area (Å²) in [4.78, 5) is 22.7. The lowest BCUT2D eigenvalue weighted by Crippen LogP contribution is -2.44. The number of amides is 1. The number of ether oxygens (including phenoxy) is 2. The molecule has 1 aromatic carbocycles. The Bertz CT molecular complexity index is 487. The van der Waals surface area contributed by atoms with Gasteiger partial charge in [-0.15, -0.1) is 0 Å². The van der Waals surface area contributed by atoms with E-state index in [1.165, 1.54) is 7.11 Å². The Morgan fingerprint density at radius 1 is 1.24 bits per heavy atom. The van der Waals surface area contributed by atoms with Crippen molar-refractivity contribution < 1.29 is 24.2 Å². The third-order valence-corrected chi connectivity index (χ3v) is 2.90. The molecule has 21 heavy (non-hydrogen) atoms. The van der Waals surface area contributed by atoms with Gasteiger partial charge in [0.2, 0.25) is 5.91 Å². The van der Waals surface area contributed by atoms with Crippen LogP contribution in [0.3, 0.4) is 0 Å². The van der Waals surface area contributed by atoms with Crippen molar-refractivity contribution in [3.63, 3.8) is 0 Å². The van der Waals surface area contributed by atoms with Gasteiger partial charge in [0.25, 0.3) is 0 Å². The summed E-state index contributed by atoms with van der Waals surface area (Å²) in [5.41, 5.74) is 0. The lowest BCUT2D eigenvalue weighted by Gasteiger charge is -2.18. The number of carboxylic acids is 1. The monoisotopic (exact) mass is 295 g/mol. The predicted molar refractivity (Wildman–Crippen MR) is 77.5 cm³/mol. The Labute approximate surface area is 124 Å². The molecule has 0 aliphatic heterocycles.